The van der Waals surface area contributed by atoms with Crippen LogP contribution in [0.1, 0.15) is 0 Å². The minimum atomic E-state index is -1.37. The van der Waals surface area contributed by atoms with Crippen molar-refractivity contribution in [1.29, 1.82) is 0 Å². The van der Waals surface area contributed by atoms with Crippen molar-refractivity contribution in [3.05, 3.63) is 237 Å². The third-order valence-corrected chi connectivity index (χ3v) is 13.3. The maximum atomic E-state index is 2.40. The number of hydrogen-bond donors (Lipinski definition) is 0. The average molecular weight is 789 g/mol. The van der Waals surface area contributed by atoms with Crippen molar-refractivity contribution in [3.63, 3.8) is 0 Å². The third kappa shape index (κ3) is 8.35. The van der Waals surface area contributed by atoms with E-state index in [9.17, 15) is 0 Å². The van der Waals surface area contributed by atoms with E-state index in [1.54, 1.807) is 0 Å². The first-order valence-corrected chi connectivity index (χ1v) is 24.3. The first kappa shape index (κ1) is 38.3. The maximum Gasteiger partial charge on any atom is 0.0775 e. The van der Waals surface area contributed by atoms with E-state index in [4.69, 9.17) is 0 Å². The van der Waals surface area contributed by atoms with Gasteiger partial charge in [0.15, 0.2) is 0 Å². The van der Waals surface area contributed by atoms with Gasteiger partial charge in [-0.1, -0.05) is 189 Å². The van der Waals surface area contributed by atoms with Gasteiger partial charge in [0, 0.05) is 34.1 Å². The van der Waals surface area contributed by atoms with Gasteiger partial charge in [-0.2, -0.15) is 0 Å². The Balaban J connectivity index is 0.949. The van der Waals surface area contributed by atoms with Crippen LogP contribution in [0.5, 0.6) is 0 Å². The van der Waals surface area contributed by atoms with Gasteiger partial charge < -0.3 is 9.80 Å². The Morgan fingerprint density at radius 1 is 0.233 bits per heavy atom. The predicted octanol–water partition coefficient (Wildman–Crippen LogP) is 15.8. The summed E-state index contributed by atoms with van der Waals surface area (Å²) in [6.45, 7) is 7.19. The van der Waals surface area contributed by atoms with Crippen LogP contribution in [0.4, 0.5) is 34.1 Å². The zero-order valence-corrected chi connectivity index (χ0v) is 35.4. The van der Waals surface area contributed by atoms with Gasteiger partial charge in [0.2, 0.25) is 0 Å². The second kappa shape index (κ2) is 17.0. The lowest BCUT2D eigenvalue weighted by atomic mass is 9.99. The molecule has 0 fully saturated rings. The quantitative estimate of drug-likeness (QED) is 0.120. The summed E-state index contributed by atoms with van der Waals surface area (Å²) in [6, 6.07) is 85.4. The summed E-state index contributed by atoms with van der Waals surface area (Å²) in [4.78, 5) is 4.66. The van der Waals surface area contributed by atoms with Crippen LogP contribution in [0.2, 0.25) is 19.6 Å². The van der Waals surface area contributed by atoms with Crippen LogP contribution in [0.3, 0.4) is 0 Å². The van der Waals surface area contributed by atoms with Crippen LogP contribution < -0.4 is 15.0 Å². The van der Waals surface area contributed by atoms with Gasteiger partial charge in [-0.25, -0.2) is 0 Å². The normalized spacial score (nSPS) is 11.2. The van der Waals surface area contributed by atoms with Crippen LogP contribution in [0.15, 0.2) is 237 Å². The van der Waals surface area contributed by atoms with E-state index in [-0.39, 0.29) is 0 Å². The number of anilines is 6. The topological polar surface area (TPSA) is 6.48 Å². The lowest BCUT2D eigenvalue weighted by Gasteiger charge is -2.26. The first-order chi connectivity index (χ1) is 29.4. The molecule has 0 aliphatic rings. The van der Waals surface area contributed by atoms with Crippen LogP contribution in [-0.2, 0) is 0 Å². The molecule has 0 atom stereocenters. The molecule has 9 aromatic carbocycles. The molecule has 0 N–H and O–H groups in total. The highest BCUT2D eigenvalue weighted by Crippen LogP contribution is 2.39. The van der Waals surface area contributed by atoms with Crippen molar-refractivity contribution in [2.45, 2.75) is 19.6 Å². The molecule has 3 heteroatoms. The van der Waals surface area contributed by atoms with E-state index in [1.165, 1.54) is 49.7 Å². The molecule has 0 aromatic heterocycles. The second-order valence-corrected chi connectivity index (χ2v) is 21.4. The lowest BCUT2D eigenvalue weighted by Crippen LogP contribution is -2.37. The molecule has 0 unspecified atom stereocenters. The SMILES string of the molecule is C[Si](C)(C)c1ccc(-c2cccc(N(c3ccccc3)c3ccc(-c4ccc(-c5ccc(N(c6ccccc6)c6ccc(-c7ccccc7)cc6)cc5)cc4)cc3)c2)cc1. The van der Waals surface area contributed by atoms with Crippen LogP contribution in [0.25, 0.3) is 44.5 Å². The molecular formula is C57H48N2Si. The molecule has 0 saturated carbocycles. The molecule has 0 amide bonds. The van der Waals surface area contributed by atoms with E-state index >= 15 is 0 Å². The summed E-state index contributed by atoms with van der Waals surface area (Å²) >= 11 is 0. The highest BCUT2D eigenvalue weighted by molar-refractivity contribution is 6.88. The van der Waals surface area contributed by atoms with Crippen molar-refractivity contribution >= 4 is 47.4 Å². The smallest absolute Gasteiger partial charge is 0.0775 e. The molecule has 0 heterocycles. The standard InChI is InChI=1S/C57H48N2Si/c1-60(2,3)57-40-32-49(33-41-57)50-16-13-21-56(42-50)59(52-19-11-6-12-20-52)55-38-30-48(31-39-55)45-24-22-44(23-25-45)47-28-36-54(37-29-47)58(51-17-9-5-10-18-51)53-34-26-46(27-35-53)43-14-7-4-8-15-43/h4-42H,1-3H3. The molecule has 0 bridgehead atoms. The fourth-order valence-electron chi connectivity index (χ4n) is 7.93. The molecule has 60 heavy (non-hydrogen) atoms. The van der Waals surface area contributed by atoms with E-state index in [1.807, 2.05) is 0 Å². The third-order valence-electron chi connectivity index (χ3n) is 11.3. The fourth-order valence-corrected chi connectivity index (χ4v) is 9.10. The molecular weight excluding hydrogens is 741 g/mol. The first-order valence-electron chi connectivity index (χ1n) is 20.8. The highest BCUT2D eigenvalue weighted by Gasteiger charge is 2.18. The second-order valence-electron chi connectivity index (χ2n) is 16.3. The summed E-state index contributed by atoms with van der Waals surface area (Å²) in [5.41, 5.74) is 16.3. The Hall–Kier alpha value is -7.20. The van der Waals surface area contributed by atoms with Crippen molar-refractivity contribution < 1.29 is 0 Å². The van der Waals surface area contributed by atoms with Gasteiger partial charge in [0.05, 0.1) is 8.07 Å². The summed E-state index contributed by atoms with van der Waals surface area (Å²) in [5.74, 6) is 0. The Morgan fingerprint density at radius 2 is 0.500 bits per heavy atom. The van der Waals surface area contributed by atoms with Gasteiger partial charge in [-0.05, 0) is 117 Å². The molecule has 0 radical (unpaired) electrons. The van der Waals surface area contributed by atoms with E-state index < -0.39 is 8.07 Å². The summed E-state index contributed by atoms with van der Waals surface area (Å²) in [5, 5.41) is 1.48. The Morgan fingerprint density at radius 3 is 0.900 bits per heavy atom. The molecule has 0 saturated heterocycles. The van der Waals surface area contributed by atoms with Gasteiger partial charge >= 0.3 is 0 Å². The number of hydrogen-bond acceptors (Lipinski definition) is 2. The van der Waals surface area contributed by atoms with Crippen molar-refractivity contribution in [1.82, 2.24) is 0 Å². The fraction of sp³-hybridized carbons (Fsp3) is 0.0526. The molecule has 9 rings (SSSR count). The van der Waals surface area contributed by atoms with E-state index in [2.05, 4.69) is 266 Å². The van der Waals surface area contributed by atoms with Gasteiger partial charge in [-0.3, -0.25) is 0 Å². The summed E-state index contributed by atoms with van der Waals surface area (Å²) < 4.78 is 0. The monoisotopic (exact) mass is 788 g/mol. The zero-order valence-electron chi connectivity index (χ0n) is 34.4. The number of para-hydroxylation sites is 2. The number of nitrogens with zero attached hydrogens (tertiary/aromatic N) is 2. The summed E-state index contributed by atoms with van der Waals surface area (Å²) in [6.07, 6.45) is 0. The van der Waals surface area contributed by atoms with Crippen LogP contribution in [-0.4, -0.2) is 8.07 Å². The lowest BCUT2D eigenvalue weighted by molar-refractivity contribution is 1.28. The molecule has 0 spiro atoms. The molecule has 290 valence electrons. The largest absolute Gasteiger partial charge is 0.311 e. The van der Waals surface area contributed by atoms with E-state index in [0.717, 1.165) is 34.1 Å². The van der Waals surface area contributed by atoms with Crippen molar-refractivity contribution in [2.24, 2.45) is 0 Å². The van der Waals surface area contributed by atoms with Crippen molar-refractivity contribution in [3.8, 4) is 44.5 Å². The number of benzene rings is 9. The molecule has 9 aromatic rings. The predicted molar refractivity (Wildman–Crippen MR) is 261 cm³/mol. The molecule has 0 aliphatic carbocycles. The minimum Gasteiger partial charge on any atom is -0.311 e. The van der Waals surface area contributed by atoms with Crippen LogP contribution in [0, 0.1) is 0 Å². The zero-order chi connectivity index (χ0) is 40.9. The van der Waals surface area contributed by atoms with Crippen LogP contribution >= 0.6 is 0 Å². The van der Waals surface area contributed by atoms with Crippen molar-refractivity contribution in [2.75, 3.05) is 9.80 Å². The van der Waals surface area contributed by atoms with E-state index in [0.29, 0.717) is 0 Å². The minimum absolute atomic E-state index is 1.11. The molecule has 0 aliphatic heterocycles. The highest BCUT2D eigenvalue weighted by atomic mass is 28.3. The summed E-state index contributed by atoms with van der Waals surface area (Å²) in [7, 11) is -1.37. The Kier molecular flexibility index (Phi) is 10.8. The Bertz CT molecular complexity index is 2780. The van der Waals surface area contributed by atoms with Gasteiger partial charge in [0.25, 0.3) is 0 Å². The Labute approximate surface area is 356 Å². The van der Waals surface area contributed by atoms with Gasteiger partial charge in [-0.15, -0.1) is 0 Å². The maximum absolute atomic E-state index is 2.40. The average Bonchev–Trinajstić information content (AvgIpc) is 3.31. The number of rotatable bonds is 11. The molecule has 2 nitrogen and oxygen atoms in total. The van der Waals surface area contributed by atoms with Gasteiger partial charge in [0.1, 0.15) is 0 Å².